The number of nitrogens with one attached hydrogen (secondary N) is 1. The first-order valence-corrected chi connectivity index (χ1v) is 8.79. The van der Waals surface area contributed by atoms with E-state index < -0.39 is 17.8 Å². The van der Waals surface area contributed by atoms with Crippen LogP contribution in [0, 0.1) is 0 Å². The molecule has 4 amide bonds. The molecular formula is C21H20N2O7. The smallest absolute Gasteiger partial charge is 0.335 e. The minimum atomic E-state index is -0.852. The van der Waals surface area contributed by atoms with Gasteiger partial charge in [0.2, 0.25) is 5.75 Å². The molecule has 0 aromatic heterocycles. The molecule has 1 heterocycles. The number of hydrogen-bond donors (Lipinski definition) is 1. The summed E-state index contributed by atoms with van der Waals surface area (Å²) >= 11 is 0. The summed E-state index contributed by atoms with van der Waals surface area (Å²) in [5.41, 5.74) is 0.408. The normalized spacial score (nSPS) is 15.1. The summed E-state index contributed by atoms with van der Waals surface area (Å²) in [5.74, 6) is -0.149. The van der Waals surface area contributed by atoms with Gasteiger partial charge in [0, 0.05) is 11.6 Å². The maximum absolute atomic E-state index is 13.1. The Morgan fingerprint density at radius 3 is 2.23 bits per heavy atom. The molecule has 0 spiro atoms. The number of ether oxygens (including phenoxy) is 4. The van der Waals surface area contributed by atoms with Crippen molar-refractivity contribution in [3.63, 3.8) is 0 Å². The first-order valence-electron chi connectivity index (χ1n) is 8.79. The average molecular weight is 412 g/mol. The highest BCUT2D eigenvalue weighted by atomic mass is 16.5. The molecule has 1 fully saturated rings. The van der Waals surface area contributed by atoms with Crippen molar-refractivity contribution < 1.29 is 33.3 Å². The van der Waals surface area contributed by atoms with Crippen molar-refractivity contribution in [1.82, 2.24) is 5.32 Å². The summed E-state index contributed by atoms with van der Waals surface area (Å²) in [6.07, 6.45) is 1.33. The molecule has 0 unspecified atom stereocenters. The number of anilines is 1. The van der Waals surface area contributed by atoms with E-state index in [2.05, 4.69) is 5.32 Å². The Kier molecular flexibility index (Phi) is 5.91. The van der Waals surface area contributed by atoms with E-state index in [9.17, 15) is 14.4 Å². The molecule has 1 saturated heterocycles. The van der Waals surface area contributed by atoms with Gasteiger partial charge in [0.15, 0.2) is 11.5 Å². The number of amides is 4. The fraction of sp³-hybridized carbons (Fsp3) is 0.190. The van der Waals surface area contributed by atoms with E-state index in [1.165, 1.54) is 40.6 Å². The molecule has 0 atom stereocenters. The highest BCUT2D eigenvalue weighted by Crippen LogP contribution is 2.40. The summed E-state index contributed by atoms with van der Waals surface area (Å²) in [4.78, 5) is 38.7. The van der Waals surface area contributed by atoms with Gasteiger partial charge < -0.3 is 18.9 Å². The van der Waals surface area contributed by atoms with Crippen LogP contribution in [-0.2, 0) is 9.59 Å². The zero-order valence-electron chi connectivity index (χ0n) is 16.8. The molecule has 0 aliphatic carbocycles. The van der Waals surface area contributed by atoms with Crippen molar-refractivity contribution in [2.24, 2.45) is 0 Å². The molecule has 1 N–H and O–H groups in total. The van der Waals surface area contributed by atoms with Crippen molar-refractivity contribution in [2.75, 3.05) is 33.3 Å². The van der Waals surface area contributed by atoms with E-state index in [-0.39, 0.29) is 17.0 Å². The van der Waals surface area contributed by atoms with Crippen LogP contribution >= 0.6 is 0 Å². The number of barbiturate groups is 1. The Hall–Kier alpha value is -4.01. The zero-order chi connectivity index (χ0) is 21.8. The van der Waals surface area contributed by atoms with E-state index in [0.717, 1.165) is 4.90 Å². The summed E-state index contributed by atoms with van der Waals surface area (Å²) in [5, 5.41) is 2.18. The number of imide groups is 2. The first kappa shape index (κ1) is 20.7. The molecular weight excluding hydrogens is 392 g/mol. The number of urea groups is 1. The molecule has 9 nitrogen and oxygen atoms in total. The maximum atomic E-state index is 13.1. The van der Waals surface area contributed by atoms with Gasteiger partial charge in [-0.2, -0.15) is 0 Å². The molecule has 30 heavy (non-hydrogen) atoms. The molecule has 3 rings (SSSR count). The predicted molar refractivity (Wildman–Crippen MR) is 108 cm³/mol. The molecule has 9 heteroatoms. The second-order valence-electron chi connectivity index (χ2n) is 6.08. The highest BCUT2D eigenvalue weighted by molar-refractivity contribution is 6.39. The summed E-state index contributed by atoms with van der Waals surface area (Å²) in [6.45, 7) is 0. The van der Waals surface area contributed by atoms with Crippen LogP contribution in [0.5, 0.6) is 23.0 Å². The lowest BCUT2D eigenvalue weighted by Crippen LogP contribution is -2.54. The van der Waals surface area contributed by atoms with Gasteiger partial charge in [0.1, 0.15) is 11.3 Å². The number of nitrogens with zero attached hydrogens (tertiary/aromatic N) is 1. The van der Waals surface area contributed by atoms with Gasteiger partial charge in [0.25, 0.3) is 11.8 Å². The number of methoxy groups -OCH3 is 4. The third-order valence-corrected chi connectivity index (χ3v) is 4.45. The molecule has 0 radical (unpaired) electrons. The monoisotopic (exact) mass is 412 g/mol. The number of rotatable bonds is 6. The number of hydrogen-bond acceptors (Lipinski definition) is 7. The van der Waals surface area contributed by atoms with Gasteiger partial charge >= 0.3 is 6.03 Å². The van der Waals surface area contributed by atoms with Gasteiger partial charge in [0.05, 0.1) is 34.1 Å². The molecule has 2 aromatic carbocycles. The molecule has 1 aliphatic heterocycles. The van der Waals surface area contributed by atoms with Crippen molar-refractivity contribution >= 4 is 29.6 Å². The van der Waals surface area contributed by atoms with E-state index in [4.69, 9.17) is 18.9 Å². The minimum Gasteiger partial charge on any atom is -0.497 e. The van der Waals surface area contributed by atoms with Gasteiger partial charge in [-0.25, -0.2) is 9.69 Å². The Bertz CT molecular complexity index is 1050. The van der Waals surface area contributed by atoms with E-state index in [0.29, 0.717) is 22.8 Å². The Morgan fingerprint density at radius 2 is 1.60 bits per heavy atom. The summed E-state index contributed by atoms with van der Waals surface area (Å²) in [6, 6.07) is 8.75. The van der Waals surface area contributed by atoms with Crippen molar-refractivity contribution in [2.45, 2.75) is 0 Å². The molecule has 156 valence electrons. The molecule has 2 aromatic rings. The second kappa shape index (κ2) is 8.56. The Labute approximate surface area is 172 Å². The fourth-order valence-electron chi connectivity index (χ4n) is 3.04. The maximum Gasteiger partial charge on any atom is 0.335 e. The third kappa shape index (κ3) is 3.64. The largest absolute Gasteiger partial charge is 0.497 e. The number of benzene rings is 2. The summed E-state index contributed by atoms with van der Waals surface area (Å²) in [7, 11) is 5.81. The van der Waals surface area contributed by atoms with Crippen LogP contribution in [0.4, 0.5) is 10.5 Å². The fourth-order valence-corrected chi connectivity index (χ4v) is 3.04. The number of carbonyl (C=O) groups excluding carboxylic acids is 3. The summed E-state index contributed by atoms with van der Waals surface area (Å²) < 4.78 is 21.1. The van der Waals surface area contributed by atoms with E-state index in [1.54, 1.807) is 30.3 Å². The highest BCUT2D eigenvalue weighted by Gasteiger charge is 2.37. The number of carbonyl (C=O) groups is 3. The van der Waals surface area contributed by atoms with Crippen LogP contribution in [0.3, 0.4) is 0 Å². The lowest BCUT2D eigenvalue weighted by Gasteiger charge is -2.26. The lowest BCUT2D eigenvalue weighted by molar-refractivity contribution is -0.122. The van der Waals surface area contributed by atoms with Crippen LogP contribution in [0.25, 0.3) is 6.08 Å². The van der Waals surface area contributed by atoms with E-state index >= 15 is 0 Å². The zero-order valence-corrected chi connectivity index (χ0v) is 16.8. The van der Waals surface area contributed by atoms with Crippen LogP contribution in [0.2, 0.25) is 0 Å². The molecule has 1 aliphatic rings. The SMILES string of the molecule is COc1cccc(N2C(=O)NC(=O)C(=Cc3ccc(OC)c(OC)c3OC)C2=O)c1. The standard InChI is InChI=1S/C21H20N2O7/c1-27-14-7-5-6-13(11-14)23-20(25)15(19(24)22-21(23)26)10-12-8-9-16(28-2)18(30-4)17(12)29-3/h5-11H,1-4H3,(H,22,24,26). The van der Waals surface area contributed by atoms with E-state index in [1.807, 2.05) is 0 Å². The topological polar surface area (TPSA) is 103 Å². The van der Waals surface area contributed by atoms with Crippen molar-refractivity contribution in [3.05, 3.63) is 47.5 Å². The quantitative estimate of drug-likeness (QED) is 0.574. The first-order chi connectivity index (χ1) is 14.4. The van der Waals surface area contributed by atoms with Crippen molar-refractivity contribution in [3.8, 4) is 23.0 Å². The second-order valence-corrected chi connectivity index (χ2v) is 6.08. The Balaban J connectivity index is 2.09. The van der Waals surface area contributed by atoms with Gasteiger partial charge in [-0.15, -0.1) is 0 Å². The van der Waals surface area contributed by atoms with Crippen LogP contribution in [-0.4, -0.2) is 46.3 Å². The van der Waals surface area contributed by atoms with Crippen LogP contribution in [0.15, 0.2) is 42.0 Å². The van der Waals surface area contributed by atoms with Crippen LogP contribution < -0.4 is 29.2 Å². The average Bonchev–Trinajstić information content (AvgIpc) is 2.75. The predicted octanol–water partition coefficient (Wildman–Crippen LogP) is 2.39. The lowest BCUT2D eigenvalue weighted by atomic mass is 10.0. The Morgan fingerprint density at radius 1 is 0.867 bits per heavy atom. The third-order valence-electron chi connectivity index (χ3n) is 4.45. The van der Waals surface area contributed by atoms with Crippen LogP contribution in [0.1, 0.15) is 5.56 Å². The van der Waals surface area contributed by atoms with Gasteiger partial charge in [-0.05, 0) is 30.3 Å². The minimum absolute atomic E-state index is 0.247. The van der Waals surface area contributed by atoms with Gasteiger partial charge in [-0.3, -0.25) is 14.9 Å². The molecule has 0 saturated carbocycles. The van der Waals surface area contributed by atoms with Crippen molar-refractivity contribution in [1.29, 1.82) is 0 Å². The molecule has 0 bridgehead atoms. The van der Waals surface area contributed by atoms with Gasteiger partial charge in [-0.1, -0.05) is 6.07 Å².